The van der Waals surface area contributed by atoms with Gasteiger partial charge in [0.2, 0.25) is 0 Å². The molecule has 0 spiro atoms. The highest BCUT2D eigenvalue weighted by atomic mass is 79.9. The maximum absolute atomic E-state index is 12.3. The van der Waals surface area contributed by atoms with Gasteiger partial charge < -0.3 is 0 Å². The summed E-state index contributed by atoms with van der Waals surface area (Å²) in [6.07, 6.45) is 0. The molecule has 2 rings (SSSR count). The molecular weight excluding hydrogens is 362 g/mol. The molecule has 106 valence electrons. The van der Waals surface area contributed by atoms with Crippen molar-refractivity contribution >= 4 is 43.2 Å². The molecule has 0 heterocycles. The summed E-state index contributed by atoms with van der Waals surface area (Å²) in [6, 6.07) is 9.80. The van der Waals surface area contributed by atoms with Crippen LogP contribution in [0.1, 0.15) is 11.1 Å². The first-order chi connectivity index (χ1) is 9.29. The molecule has 0 saturated carbocycles. The predicted molar refractivity (Wildman–Crippen MR) is 85.9 cm³/mol. The van der Waals surface area contributed by atoms with Crippen molar-refractivity contribution in [3.05, 3.63) is 57.0 Å². The zero-order chi connectivity index (χ0) is 14.9. The molecule has 0 aliphatic rings. The van der Waals surface area contributed by atoms with Gasteiger partial charge in [-0.1, -0.05) is 27.5 Å². The second kappa shape index (κ2) is 5.76. The maximum atomic E-state index is 12.3. The molecule has 0 radical (unpaired) electrons. The van der Waals surface area contributed by atoms with Crippen LogP contribution in [0.2, 0.25) is 5.02 Å². The molecule has 0 unspecified atom stereocenters. The Balaban J connectivity index is 2.41. The van der Waals surface area contributed by atoms with Crippen molar-refractivity contribution in [2.24, 2.45) is 0 Å². The number of rotatable bonds is 3. The fraction of sp³-hybridized carbons (Fsp3) is 0.143. The van der Waals surface area contributed by atoms with Crippen molar-refractivity contribution in [1.82, 2.24) is 0 Å². The highest BCUT2D eigenvalue weighted by Gasteiger charge is 2.16. The smallest absolute Gasteiger partial charge is 0.261 e. The first-order valence-corrected chi connectivity index (χ1v) is 8.50. The van der Waals surface area contributed by atoms with Gasteiger partial charge in [0.25, 0.3) is 10.0 Å². The van der Waals surface area contributed by atoms with E-state index >= 15 is 0 Å². The molecule has 6 heteroatoms. The zero-order valence-corrected chi connectivity index (χ0v) is 14.1. The number of halogens is 2. The highest BCUT2D eigenvalue weighted by Crippen LogP contribution is 2.27. The Bertz CT molecular complexity index is 719. The minimum absolute atomic E-state index is 0.184. The molecule has 0 bridgehead atoms. The van der Waals surface area contributed by atoms with E-state index in [0.717, 1.165) is 15.6 Å². The van der Waals surface area contributed by atoms with Crippen molar-refractivity contribution in [3.63, 3.8) is 0 Å². The van der Waals surface area contributed by atoms with Crippen molar-refractivity contribution < 1.29 is 8.42 Å². The van der Waals surface area contributed by atoms with Crippen LogP contribution in [0.15, 0.2) is 45.8 Å². The number of anilines is 1. The Morgan fingerprint density at radius 2 is 1.55 bits per heavy atom. The summed E-state index contributed by atoms with van der Waals surface area (Å²) < 4.78 is 28.2. The highest BCUT2D eigenvalue weighted by molar-refractivity contribution is 9.10. The molecule has 3 nitrogen and oxygen atoms in total. The van der Waals surface area contributed by atoms with E-state index < -0.39 is 10.0 Å². The average Bonchev–Trinajstić information content (AvgIpc) is 2.34. The van der Waals surface area contributed by atoms with E-state index in [0.29, 0.717) is 10.7 Å². The molecule has 2 aromatic rings. The summed E-state index contributed by atoms with van der Waals surface area (Å²) >= 11 is 9.16. The Labute approximate surface area is 132 Å². The van der Waals surface area contributed by atoms with E-state index in [2.05, 4.69) is 20.7 Å². The molecule has 0 amide bonds. The summed E-state index contributed by atoms with van der Waals surface area (Å²) in [5, 5.41) is 0.500. The van der Waals surface area contributed by atoms with Gasteiger partial charge in [-0.05, 0) is 61.4 Å². The molecule has 0 aromatic heterocycles. The van der Waals surface area contributed by atoms with E-state index in [1.54, 1.807) is 12.1 Å². The summed E-state index contributed by atoms with van der Waals surface area (Å²) in [5.74, 6) is 0. The van der Waals surface area contributed by atoms with Crippen LogP contribution < -0.4 is 4.72 Å². The molecule has 0 aliphatic heterocycles. The standard InChI is InChI=1S/C14H13BrClNO2S/c1-9-7-11(15)8-10(2)14(9)17-20(18,19)13-5-3-12(16)4-6-13/h3-8,17H,1-2H3. The molecule has 0 atom stereocenters. The zero-order valence-electron chi connectivity index (χ0n) is 10.9. The minimum Gasteiger partial charge on any atom is -0.279 e. The van der Waals surface area contributed by atoms with Gasteiger partial charge in [-0.2, -0.15) is 0 Å². The monoisotopic (exact) mass is 373 g/mol. The summed E-state index contributed by atoms with van der Waals surface area (Å²) in [5.41, 5.74) is 2.31. The minimum atomic E-state index is -3.61. The van der Waals surface area contributed by atoms with Crippen LogP contribution in [0.5, 0.6) is 0 Å². The van der Waals surface area contributed by atoms with E-state index in [4.69, 9.17) is 11.6 Å². The third-order valence-corrected chi connectivity index (χ3v) is 4.93. The normalized spacial score (nSPS) is 11.4. The second-order valence-corrected chi connectivity index (χ2v) is 7.51. The molecule has 0 fully saturated rings. The van der Waals surface area contributed by atoms with E-state index in [1.807, 2.05) is 26.0 Å². The third kappa shape index (κ3) is 3.34. The van der Waals surface area contributed by atoms with Gasteiger partial charge in [-0.25, -0.2) is 8.42 Å². The van der Waals surface area contributed by atoms with Gasteiger partial charge in [0.05, 0.1) is 10.6 Å². The lowest BCUT2D eigenvalue weighted by Crippen LogP contribution is -2.14. The number of hydrogen-bond donors (Lipinski definition) is 1. The fourth-order valence-corrected chi connectivity index (χ4v) is 3.89. The van der Waals surface area contributed by atoms with Gasteiger partial charge in [0, 0.05) is 9.50 Å². The summed E-state index contributed by atoms with van der Waals surface area (Å²) in [7, 11) is -3.61. The number of hydrogen-bond acceptors (Lipinski definition) is 2. The van der Waals surface area contributed by atoms with Crippen molar-refractivity contribution in [1.29, 1.82) is 0 Å². The lowest BCUT2D eigenvalue weighted by atomic mass is 10.1. The van der Waals surface area contributed by atoms with Crippen LogP contribution in [0.4, 0.5) is 5.69 Å². The van der Waals surface area contributed by atoms with Gasteiger partial charge in [-0.15, -0.1) is 0 Å². The fourth-order valence-electron chi connectivity index (χ4n) is 1.88. The van der Waals surface area contributed by atoms with Crippen LogP contribution in [-0.4, -0.2) is 8.42 Å². The Morgan fingerprint density at radius 3 is 2.05 bits per heavy atom. The second-order valence-electron chi connectivity index (χ2n) is 4.47. The number of aryl methyl sites for hydroxylation is 2. The Hall–Kier alpha value is -1.04. The Morgan fingerprint density at radius 1 is 1.05 bits per heavy atom. The molecular formula is C14H13BrClNO2S. The van der Waals surface area contributed by atoms with Crippen LogP contribution in [0, 0.1) is 13.8 Å². The van der Waals surface area contributed by atoms with Gasteiger partial charge in [0.15, 0.2) is 0 Å². The van der Waals surface area contributed by atoms with Crippen molar-refractivity contribution in [2.75, 3.05) is 4.72 Å². The van der Waals surface area contributed by atoms with Crippen molar-refractivity contribution in [3.8, 4) is 0 Å². The first kappa shape index (κ1) is 15.4. The number of nitrogens with one attached hydrogen (secondary N) is 1. The van der Waals surface area contributed by atoms with E-state index in [9.17, 15) is 8.42 Å². The molecule has 20 heavy (non-hydrogen) atoms. The quantitative estimate of drug-likeness (QED) is 0.858. The predicted octanol–water partition coefficient (Wildman–Crippen LogP) is 4.52. The number of benzene rings is 2. The first-order valence-electron chi connectivity index (χ1n) is 5.85. The lowest BCUT2D eigenvalue weighted by molar-refractivity contribution is 0.601. The third-order valence-electron chi connectivity index (χ3n) is 2.86. The van der Waals surface area contributed by atoms with Gasteiger partial charge in [-0.3, -0.25) is 4.72 Å². The Kier molecular flexibility index (Phi) is 4.42. The summed E-state index contributed by atoms with van der Waals surface area (Å²) in [6.45, 7) is 3.72. The maximum Gasteiger partial charge on any atom is 0.261 e. The van der Waals surface area contributed by atoms with Crippen LogP contribution in [-0.2, 0) is 10.0 Å². The van der Waals surface area contributed by atoms with E-state index in [1.165, 1.54) is 12.1 Å². The van der Waals surface area contributed by atoms with Crippen LogP contribution in [0.3, 0.4) is 0 Å². The van der Waals surface area contributed by atoms with Gasteiger partial charge >= 0.3 is 0 Å². The van der Waals surface area contributed by atoms with Crippen molar-refractivity contribution in [2.45, 2.75) is 18.7 Å². The van der Waals surface area contributed by atoms with Crippen LogP contribution >= 0.6 is 27.5 Å². The molecule has 1 N–H and O–H groups in total. The SMILES string of the molecule is Cc1cc(Br)cc(C)c1NS(=O)(=O)c1ccc(Cl)cc1. The molecule has 2 aromatic carbocycles. The summed E-state index contributed by atoms with van der Waals surface area (Å²) in [4.78, 5) is 0.184. The topological polar surface area (TPSA) is 46.2 Å². The van der Waals surface area contributed by atoms with Gasteiger partial charge in [0.1, 0.15) is 0 Å². The van der Waals surface area contributed by atoms with Crippen LogP contribution in [0.25, 0.3) is 0 Å². The molecule has 0 aliphatic carbocycles. The average molecular weight is 375 g/mol. The largest absolute Gasteiger partial charge is 0.279 e. The lowest BCUT2D eigenvalue weighted by Gasteiger charge is -2.14. The molecule has 0 saturated heterocycles. The number of sulfonamides is 1. The van der Waals surface area contributed by atoms with E-state index in [-0.39, 0.29) is 4.90 Å².